The minimum atomic E-state index is -3.40. The van der Waals surface area contributed by atoms with E-state index in [0.29, 0.717) is 10.8 Å². The van der Waals surface area contributed by atoms with E-state index in [1.165, 1.54) is 11.3 Å². The molecular formula is C12H22N2O2S2. The van der Waals surface area contributed by atoms with Gasteiger partial charge >= 0.3 is 0 Å². The average molecular weight is 290 g/mol. The predicted octanol–water partition coefficient (Wildman–Crippen LogP) is 2.18. The van der Waals surface area contributed by atoms with Crippen LogP contribution >= 0.6 is 11.3 Å². The fourth-order valence-electron chi connectivity index (χ4n) is 1.26. The van der Waals surface area contributed by atoms with E-state index >= 15 is 0 Å². The van der Waals surface area contributed by atoms with Gasteiger partial charge in [0.1, 0.15) is 4.21 Å². The van der Waals surface area contributed by atoms with Crippen LogP contribution in [-0.2, 0) is 16.6 Å². The van der Waals surface area contributed by atoms with E-state index in [2.05, 4.69) is 10.0 Å². The van der Waals surface area contributed by atoms with Gasteiger partial charge in [0.25, 0.3) is 0 Å². The second kappa shape index (κ2) is 5.69. The number of nitrogens with one attached hydrogen (secondary N) is 2. The predicted molar refractivity (Wildman–Crippen MR) is 76.3 cm³/mol. The average Bonchev–Trinajstić information content (AvgIpc) is 2.65. The number of thiophene rings is 1. The Balaban J connectivity index is 2.86. The number of sulfonamides is 1. The van der Waals surface area contributed by atoms with Crippen LogP contribution < -0.4 is 10.0 Å². The van der Waals surface area contributed by atoms with E-state index in [1.54, 1.807) is 6.07 Å². The molecule has 0 bridgehead atoms. The van der Waals surface area contributed by atoms with Crippen molar-refractivity contribution in [3.05, 3.63) is 17.0 Å². The number of hydrogen-bond acceptors (Lipinski definition) is 4. The summed E-state index contributed by atoms with van der Waals surface area (Å²) >= 11 is 1.26. The molecule has 1 aromatic rings. The van der Waals surface area contributed by atoms with Gasteiger partial charge in [-0.15, -0.1) is 11.3 Å². The van der Waals surface area contributed by atoms with E-state index < -0.39 is 10.0 Å². The zero-order valence-corrected chi connectivity index (χ0v) is 13.2. The van der Waals surface area contributed by atoms with Crippen molar-refractivity contribution in [3.63, 3.8) is 0 Å². The van der Waals surface area contributed by atoms with Crippen LogP contribution in [-0.4, -0.2) is 21.5 Å². The molecule has 4 nitrogen and oxygen atoms in total. The van der Waals surface area contributed by atoms with Crippen LogP contribution in [0.15, 0.2) is 15.7 Å². The Morgan fingerprint density at radius 1 is 1.39 bits per heavy atom. The SMILES string of the molecule is CNCc1csc(S(=O)(=O)NC(C)C(C)(C)C)c1. The Kier molecular flexibility index (Phi) is 4.94. The summed E-state index contributed by atoms with van der Waals surface area (Å²) in [6, 6.07) is 1.61. The first-order chi connectivity index (χ1) is 8.16. The minimum absolute atomic E-state index is 0.0991. The molecule has 6 heteroatoms. The van der Waals surface area contributed by atoms with Crippen molar-refractivity contribution >= 4 is 21.4 Å². The topological polar surface area (TPSA) is 58.2 Å². The van der Waals surface area contributed by atoms with Gasteiger partial charge in [-0.05, 0) is 36.4 Å². The molecular weight excluding hydrogens is 268 g/mol. The van der Waals surface area contributed by atoms with E-state index in [0.717, 1.165) is 5.56 Å². The maximum absolute atomic E-state index is 12.2. The van der Waals surface area contributed by atoms with Crippen LogP contribution in [0.5, 0.6) is 0 Å². The summed E-state index contributed by atoms with van der Waals surface area (Å²) in [5, 5.41) is 4.87. The molecule has 104 valence electrons. The number of hydrogen-bond donors (Lipinski definition) is 2. The van der Waals surface area contributed by atoms with Crippen LogP contribution in [0.4, 0.5) is 0 Å². The Hall–Kier alpha value is -0.430. The lowest BCUT2D eigenvalue weighted by Gasteiger charge is -2.27. The van der Waals surface area contributed by atoms with Crippen molar-refractivity contribution in [2.75, 3.05) is 7.05 Å². The Morgan fingerprint density at radius 2 is 2.00 bits per heavy atom. The summed E-state index contributed by atoms with van der Waals surface area (Å²) in [7, 11) is -1.56. The second-order valence-electron chi connectivity index (χ2n) is 5.51. The summed E-state index contributed by atoms with van der Waals surface area (Å²) in [6.45, 7) is 8.61. The Morgan fingerprint density at radius 3 is 2.50 bits per heavy atom. The Labute approximate surface area is 114 Å². The van der Waals surface area contributed by atoms with Gasteiger partial charge < -0.3 is 5.32 Å². The van der Waals surface area contributed by atoms with Gasteiger partial charge in [-0.25, -0.2) is 13.1 Å². The maximum atomic E-state index is 12.2. The maximum Gasteiger partial charge on any atom is 0.250 e. The molecule has 0 aromatic carbocycles. The molecule has 0 aliphatic carbocycles. The van der Waals surface area contributed by atoms with Crippen LogP contribution in [0.3, 0.4) is 0 Å². The van der Waals surface area contributed by atoms with E-state index in [4.69, 9.17) is 0 Å². The van der Waals surface area contributed by atoms with Crippen molar-refractivity contribution in [1.82, 2.24) is 10.0 Å². The zero-order chi connectivity index (χ0) is 14.0. The monoisotopic (exact) mass is 290 g/mol. The van der Waals surface area contributed by atoms with E-state index in [-0.39, 0.29) is 11.5 Å². The van der Waals surface area contributed by atoms with Gasteiger partial charge in [0.05, 0.1) is 0 Å². The van der Waals surface area contributed by atoms with Crippen LogP contribution in [0.2, 0.25) is 0 Å². The molecule has 1 unspecified atom stereocenters. The first-order valence-corrected chi connectivity index (χ1v) is 8.27. The van der Waals surface area contributed by atoms with E-state index in [1.807, 2.05) is 40.1 Å². The zero-order valence-electron chi connectivity index (χ0n) is 11.6. The molecule has 0 aliphatic rings. The van der Waals surface area contributed by atoms with Crippen LogP contribution in [0, 0.1) is 5.41 Å². The van der Waals surface area contributed by atoms with E-state index in [9.17, 15) is 8.42 Å². The van der Waals surface area contributed by atoms with Crippen LogP contribution in [0.25, 0.3) is 0 Å². The largest absolute Gasteiger partial charge is 0.316 e. The van der Waals surface area contributed by atoms with Gasteiger partial charge in [-0.3, -0.25) is 0 Å². The van der Waals surface area contributed by atoms with Crippen LogP contribution in [0.1, 0.15) is 33.3 Å². The highest BCUT2D eigenvalue weighted by Gasteiger charge is 2.26. The number of rotatable bonds is 5. The molecule has 0 fully saturated rings. The summed E-state index contributed by atoms with van der Waals surface area (Å²) in [6.07, 6.45) is 0. The highest BCUT2D eigenvalue weighted by atomic mass is 32.2. The summed E-state index contributed by atoms with van der Waals surface area (Å²) in [5.74, 6) is 0. The fourth-order valence-corrected chi connectivity index (χ4v) is 3.93. The lowest BCUT2D eigenvalue weighted by molar-refractivity contribution is 0.318. The smallest absolute Gasteiger partial charge is 0.250 e. The van der Waals surface area contributed by atoms with Gasteiger partial charge in [-0.2, -0.15) is 0 Å². The Bertz CT molecular complexity index is 486. The van der Waals surface area contributed by atoms with Gasteiger partial charge in [0.15, 0.2) is 0 Å². The molecule has 1 atom stereocenters. The summed E-state index contributed by atoms with van der Waals surface area (Å²) in [5.41, 5.74) is 0.893. The quantitative estimate of drug-likeness (QED) is 0.874. The lowest BCUT2D eigenvalue weighted by atomic mass is 9.89. The fraction of sp³-hybridized carbons (Fsp3) is 0.667. The van der Waals surface area contributed by atoms with Gasteiger partial charge in [-0.1, -0.05) is 20.8 Å². The normalized spacial score (nSPS) is 14.7. The van der Waals surface area contributed by atoms with Crippen molar-refractivity contribution in [1.29, 1.82) is 0 Å². The van der Waals surface area contributed by atoms with Gasteiger partial charge in [0, 0.05) is 12.6 Å². The highest BCUT2D eigenvalue weighted by Crippen LogP contribution is 2.24. The molecule has 2 N–H and O–H groups in total. The molecule has 18 heavy (non-hydrogen) atoms. The van der Waals surface area contributed by atoms with Crippen molar-refractivity contribution in [2.45, 2.75) is 44.5 Å². The molecule has 0 radical (unpaired) electrons. The first-order valence-electron chi connectivity index (χ1n) is 5.91. The molecule has 1 heterocycles. The molecule has 1 aromatic heterocycles. The van der Waals surface area contributed by atoms with Crippen molar-refractivity contribution in [2.24, 2.45) is 5.41 Å². The third-order valence-corrected chi connectivity index (χ3v) is 5.94. The standard InChI is InChI=1S/C12H22N2O2S2/c1-9(12(2,3)4)14-18(15,16)11-6-10(7-13-5)8-17-11/h6,8-9,13-14H,7H2,1-5H3. The lowest BCUT2D eigenvalue weighted by Crippen LogP contribution is -2.41. The molecule has 1 rings (SSSR count). The molecule has 0 saturated heterocycles. The summed E-state index contributed by atoms with van der Waals surface area (Å²) in [4.78, 5) is 0. The molecule has 0 amide bonds. The second-order valence-corrected chi connectivity index (χ2v) is 8.37. The molecule has 0 aliphatic heterocycles. The first kappa shape index (κ1) is 15.6. The van der Waals surface area contributed by atoms with Crippen molar-refractivity contribution < 1.29 is 8.42 Å². The molecule has 0 spiro atoms. The highest BCUT2D eigenvalue weighted by molar-refractivity contribution is 7.91. The summed E-state index contributed by atoms with van der Waals surface area (Å²) < 4.78 is 27.5. The minimum Gasteiger partial charge on any atom is -0.316 e. The van der Waals surface area contributed by atoms with Crippen molar-refractivity contribution in [3.8, 4) is 0 Å². The van der Waals surface area contributed by atoms with Gasteiger partial charge in [0.2, 0.25) is 10.0 Å². The molecule has 0 saturated carbocycles. The third-order valence-electron chi connectivity index (χ3n) is 2.91. The third kappa shape index (κ3) is 4.05.